The van der Waals surface area contributed by atoms with E-state index in [4.69, 9.17) is 14.2 Å². The summed E-state index contributed by atoms with van der Waals surface area (Å²) in [6.45, 7) is 4.76. The van der Waals surface area contributed by atoms with Gasteiger partial charge < -0.3 is 19.1 Å². The maximum absolute atomic E-state index is 13.0. The first-order valence-corrected chi connectivity index (χ1v) is 12.5. The number of likely N-dealkylation sites (tertiary alicyclic amines) is 1. The number of hydrogen-bond acceptors (Lipinski definition) is 6. The molecule has 1 unspecified atom stereocenters. The second-order valence-electron chi connectivity index (χ2n) is 9.42. The molecule has 190 valence electrons. The Morgan fingerprint density at radius 3 is 2.46 bits per heavy atom. The van der Waals surface area contributed by atoms with E-state index < -0.39 is 0 Å². The van der Waals surface area contributed by atoms with Crippen LogP contribution in [0.25, 0.3) is 22.0 Å². The lowest BCUT2D eigenvalue weighted by atomic mass is 10.0. The topological polar surface area (TPSA) is 73.8 Å². The molecule has 1 aliphatic rings. The molecule has 0 spiro atoms. The number of pyridine rings is 2. The van der Waals surface area contributed by atoms with Crippen molar-refractivity contribution in [1.82, 2.24) is 14.9 Å². The lowest BCUT2D eigenvalue weighted by Gasteiger charge is -2.27. The van der Waals surface area contributed by atoms with Gasteiger partial charge in [-0.2, -0.15) is 0 Å². The van der Waals surface area contributed by atoms with E-state index in [1.54, 1.807) is 26.6 Å². The summed E-state index contributed by atoms with van der Waals surface area (Å²) in [4.78, 5) is 23.9. The summed E-state index contributed by atoms with van der Waals surface area (Å²) in [5.41, 5.74) is 3.83. The SMILES string of the molecule is COc1ccc(C(C)N2C[C@H]([C@@H](C)Oc3cc(-c4ccc(OC)nc4)cc4ncccc34)CC2=O)cc1. The minimum Gasteiger partial charge on any atom is -0.497 e. The van der Waals surface area contributed by atoms with Gasteiger partial charge in [-0.3, -0.25) is 9.78 Å². The summed E-state index contributed by atoms with van der Waals surface area (Å²) in [5.74, 6) is 2.34. The van der Waals surface area contributed by atoms with Crippen LogP contribution in [0.2, 0.25) is 0 Å². The zero-order chi connectivity index (χ0) is 25.9. The van der Waals surface area contributed by atoms with Crippen LogP contribution in [0.3, 0.4) is 0 Å². The zero-order valence-corrected chi connectivity index (χ0v) is 21.5. The summed E-state index contributed by atoms with van der Waals surface area (Å²) < 4.78 is 17.0. The van der Waals surface area contributed by atoms with Gasteiger partial charge in [0.15, 0.2) is 0 Å². The largest absolute Gasteiger partial charge is 0.497 e. The van der Waals surface area contributed by atoms with Crippen LogP contribution in [0.15, 0.2) is 73.1 Å². The molecule has 1 fully saturated rings. The molecule has 3 heterocycles. The third-order valence-corrected chi connectivity index (χ3v) is 7.19. The molecule has 1 saturated heterocycles. The number of hydrogen-bond donors (Lipinski definition) is 0. The molecule has 0 aliphatic carbocycles. The Bertz CT molecular complexity index is 1390. The summed E-state index contributed by atoms with van der Waals surface area (Å²) in [5, 5.41) is 0.937. The Hall–Kier alpha value is -4.13. The van der Waals surface area contributed by atoms with Gasteiger partial charge in [-0.1, -0.05) is 12.1 Å². The van der Waals surface area contributed by atoms with Crippen molar-refractivity contribution in [2.45, 2.75) is 32.4 Å². The van der Waals surface area contributed by atoms with Crippen molar-refractivity contribution in [3.63, 3.8) is 0 Å². The first-order chi connectivity index (χ1) is 18.0. The van der Waals surface area contributed by atoms with Crippen LogP contribution in [0.1, 0.15) is 31.9 Å². The average molecular weight is 498 g/mol. The molecule has 2 aromatic carbocycles. The molecule has 7 nitrogen and oxygen atoms in total. The monoisotopic (exact) mass is 497 g/mol. The zero-order valence-electron chi connectivity index (χ0n) is 21.5. The van der Waals surface area contributed by atoms with E-state index in [-0.39, 0.29) is 24.0 Å². The lowest BCUT2D eigenvalue weighted by Crippen LogP contribution is -2.31. The van der Waals surface area contributed by atoms with Crippen LogP contribution in [0.4, 0.5) is 0 Å². The Kier molecular flexibility index (Phi) is 6.95. The third-order valence-electron chi connectivity index (χ3n) is 7.19. The maximum atomic E-state index is 13.0. The Morgan fingerprint density at radius 1 is 0.946 bits per heavy atom. The lowest BCUT2D eigenvalue weighted by molar-refractivity contribution is -0.129. The highest BCUT2D eigenvalue weighted by molar-refractivity contribution is 5.90. The molecular formula is C30H31N3O4. The van der Waals surface area contributed by atoms with Gasteiger partial charge in [0, 0.05) is 48.3 Å². The van der Waals surface area contributed by atoms with Gasteiger partial charge in [0.2, 0.25) is 11.8 Å². The minimum absolute atomic E-state index is 0.0217. The molecular weight excluding hydrogens is 466 g/mol. The van der Waals surface area contributed by atoms with E-state index in [0.29, 0.717) is 18.8 Å². The van der Waals surface area contributed by atoms with E-state index in [1.165, 1.54) is 0 Å². The van der Waals surface area contributed by atoms with Crippen LogP contribution in [-0.4, -0.2) is 47.6 Å². The van der Waals surface area contributed by atoms with E-state index >= 15 is 0 Å². The number of carbonyl (C=O) groups excluding carboxylic acids is 1. The second kappa shape index (κ2) is 10.5. The number of aromatic nitrogens is 2. The summed E-state index contributed by atoms with van der Waals surface area (Å²) >= 11 is 0. The molecule has 0 radical (unpaired) electrons. The van der Waals surface area contributed by atoms with Gasteiger partial charge in [0.1, 0.15) is 17.6 Å². The van der Waals surface area contributed by atoms with Crippen LogP contribution in [0, 0.1) is 5.92 Å². The van der Waals surface area contributed by atoms with Crippen molar-refractivity contribution >= 4 is 16.8 Å². The van der Waals surface area contributed by atoms with Gasteiger partial charge in [-0.05, 0) is 67.4 Å². The average Bonchev–Trinajstić information content (AvgIpc) is 3.34. The predicted molar refractivity (Wildman–Crippen MR) is 143 cm³/mol. The number of methoxy groups -OCH3 is 2. The highest BCUT2D eigenvalue weighted by Crippen LogP contribution is 2.36. The van der Waals surface area contributed by atoms with Gasteiger partial charge in [-0.15, -0.1) is 0 Å². The Labute approximate surface area is 217 Å². The molecule has 7 heteroatoms. The van der Waals surface area contributed by atoms with Crippen LogP contribution < -0.4 is 14.2 Å². The van der Waals surface area contributed by atoms with Crippen molar-refractivity contribution in [3.8, 4) is 28.5 Å². The fourth-order valence-corrected chi connectivity index (χ4v) is 4.89. The number of benzene rings is 2. The van der Waals surface area contributed by atoms with Crippen molar-refractivity contribution < 1.29 is 19.0 Å². The van der Waals surface area contributed by atoms with Gasteiger partial charge in [0.05, 0.1) is 25.8 Å². The summed E-state index contributed by atoms with van der Waals surface area (Å²) in [6, 6.07) is 19.7. The smallest absolute Gasteiger partial charge is 0.223 e. The number of amides is 1. The maximum Gasteiger partial charge on any atom is 0.223 e. The molecule has 4 aromatic rings. The van der Waals surface area contributed by atoms with Crippen molar-refractivity contribution in [1.29, 1.82) is 0 Å². The third kappa shape index (κ3) is 5.07. The normalized spacial score (nSPS) is 17.0. The minimum atomic E-state index is -0.162. The first-order valence-electron chi connectivity index (χ1n) is 12.5. The second-order valence-corrected chi connectivity index (χ2v) is 9.42. The molecule has 5 rings (SSSR count). The molecule has 1 aliphatic heterocycles. The number of fused-ring (bicyclic) bond motifs is 1. The van der Waals surface area contributed by atoms with Gasteiger partial charge in [0.25, 0.3) is 0 Å². The summed E-state index contributed by atoms with van der Waals surface area (Å²) in [6.07, 6.45) is 3.86. The molecule has 0 bridgehead atoms. The number of ether oxygens (including phenoxy) is 3. The van der Waals surface area contributed by atoms with E-state index in [1.807, 2.05) is 72.5 Å². The fourth-order valence-electron chi connectivity index (χ4n) is 4.89. The fraction of sp³-hybridized carbons (Fsp3) is 0.300. The van der Waals surface area contributed by atoms with Crippen LogP contribution in [-0.2, 0) is 4.79 Å². The van der Waals surface area contributed by atoms with Crippen LogP contribution in [0.5, 0.6) is 17.4 Å². The highest BCUT2D eigenvalue weighted by Gasteiger charge is 2.37. The number of carbonyl (C=O) groups is 1. The standard InChI is InChI=1S/C30H31N3O4/c1-19(21-7-10-25(35-3)11-8-21)33-18-24(16-30(33)34)20(2)37-28-15-23(14-27-26(28)6-5-13-31-27)22-9-12-29(36-4)32-17-22/h5-15,17,19-20,24H,16,18H2,1-4H3/t19?,20-,24-/m1/s1. The Balaban J connectivity index is 1.36. The van der Waals surface area contributed by atoms with E-state index in [9.17, 15) is 4.79 Å². The molecule has 37 heavy (non-hydrogen) atoms. The Morgan fingerprint density at radius 2 is 1.76 bits per heavy atom. The van der Waals surface area contributed by atoms with Gasteiger partial charge >= 0.3 is 0 Å². The van der Waals surface area contributed by atoms with Crippen molar-refractivity contribution in [2.75, 3.05) is 20.8 Å². The van der Waals surface area contributed by atoms with Crippen molar-refractivity contribution in [3.05, 3.63) is 78.6 Å². The molecule has 0 N–H and O–H groups in total. The summed E-state index contributed by atoms with van der Waals surface area (Å²) in [7, 11) is 3.25. The molecule has 0 saturated carbocycles. The van der Waals surface area contributed by atoms with E-state index in [2.05, 4.69) is 16.9 Å². The van der Waals surface area contributed by atoms with Crippen LogP contribution >= 0.6 is 0 Å². The number of rotatable bonds is 8. The number of nitrogens with zero attached hydrogens (tertiary/aromatic N) is 3. The quantitative estimate of drug-likeness (QED) is 0.311. The van der Waals surface area contributed by atoms with Crippen molar-refractivity contribution in [2.24, 2.45) is 5.92 Å². The first kappa shape index (κ1) is 24.6. The van der Waals surface area contributed by atoms with E-state index in [0.717, 1.165) is 39.1 Å². The molecule has 1 amide bonds. The predicted octanol–water partition coefficient (Wildman–Crippen LogP) is 5.69. The highest BCUT2D eigenvalue weighted by atomic mass is 16.5. The molecule has 2 aromatic heterocycles. The molecule has 3 atom stereocenters. The van der Waals surface area contributed by atoms with Gasteiger partial charge in [-0.25, -0.2) is 4.98 Å².